The average Bonchev–Trinajstić information content (AvgIpc) is 2.79. The highest BCUT2D eigenvalue weighted by Gasteiger charge is 2.11. The van der Waals surface area contributed by atoms with Crippen molar-refractivity contribution in [3.63, 3.8) is 0 Å². The first kappa shape index (κ1) is 19.5. The molecule has 2 heterocycles. The zero-order valence-corrected chi connectivity index (χ0v) is 17.1. The Hall–Kier alpha value is -3.80. The van der Waals surface area contributed by atoms with Crippen LogP contribution >= 0.6 is 0 Å². The molecular weight excluding hydrogens is 380 g/mol. The molecule has 2 aromatic heterocycles. The number of nitrogens with zero attached hydrogens (tertiary/aromatic N) is 2. The van der Waals surface area contributed by atoms with Crippen LogP contribution in [0.1, 0.15) is 6.92 Å². The van der Waals surface area contributed by atoms with E-state index in [0.29, 0.717) is 35.3 Å². The van der Waals surface area contributed by atoms with Crippen LogP contribution < -0.4 is 19.6 Å². The maximum Gasteiger partial charge on any atom is 0.161 e. The number of benzene rings is 2. The second-order valence-corrected chi connectivity index (χ2v) is 6.46. The molecule has 0 aliphatic carbocycles. The summed E-state index contributed by atoms with van der Waals surface area (Å²) in [5.41, 5.74) is 1.54. The highest BCUT2D eigenvalue weighted by molar-refractivity contribution is 5.80. The zero-order chi connectivity index (χ0) is 20.9. The fraction of sp³-hybridized carbons (Fsp3) is 0.167. The van der Waals surface area contributed by atoms with E-state index in [9.17, 15) is 0 Å². The molecule has 4 aromatic rings. The van der Waals surface area contributed by atoms with Gasteiger partial charge in [0.1, 0.15) is 17.1 Å². The lowest BCUT2D eigenvalue weighted by Gasteiger charge is -2.10. The topological polar surface area (TPSA) is 66.1 Å². The number of hydrogen-bond acceptors (Lipinski definition) is 6. The molecule has 0 bridgehead atoms. The van der Waals surface area contributed by atoms with Crippen molar-refractivity contribution in [2.24, 2.45) is 4.99 Å². The van der Waals surface area contributed by atoms with Crippen LogP contribution in [0.4, 0.5) is 5.82 Å². The van der Waals surface area contributed by atoms with Crippen molar-refractivity contribution in [3.05, 3.63) is 72.2 Å². The summed E-state index contributed by atoms with van der Waals surface area (Å²) in [7, 11) is 3.22. The summed E-state index contributed by atoms with van der Waals surface area (Å²) in [5, 5.41) is 1.58. The van der Waals surface area contributed by atoms with Gasteiger partial charge >= 0.3 is 0 Å². The van der Waals surface area contributed by atoms with E-state index in [0.717, 1.165) is 22.1 Å². The number of pyridine rings is 1. The van der Waals surface area contributed by atoms with Crippen LogP contribution in [-0.4, -0.2) is 25.8 Å². The van der Waals surface area contributed by atoms with Gasteiger partial charge in [0, 0.05) is 23.2 Å². The Morgan fingerprint density at radius 2 is 1.80 bits per heavy atom. The molecule has 0 aliphatic heterocycles. The average molecular weight is 402 g/mol. The Balaban J connectivity index is 1.94. The normalized spacial score (nSPS) is 11.5. The molecule has 0 unspecified atom stereocenters. The molecule has 0 N–H and O–H groups in total. The maximum absolute atomic E-state index is 6.20. The molecule has 0 radical (unpaired) electrons. The van der Waals surface area contributed by atoms with Gasteiger partial charge in [0.15, 0.2) is 17.3 Å². The van der Waals surface area contributed by atoms with Crippen LogP contribution in [0.25, 0.3) is 22.3 Å². The van der Waals surface area contributed by atoms with E-state index in [1.807, 2.05) is 67.6 Å². The van der Waals surface area contributed by atoms with Crippen LogP contribution in [-0.2, 0) is 0 Å². The summed E-state index contributed by atoms with van der Waals surface area (Å²) >= 11 is 0. The second kappa shape index (κ2) is 8.69. The Labute approximate surface area is 174 Å². The van der Waals surface area contributed by atoms with Crippen LogP contribution in [0.5, 0.6) is 17.2 Å². The van der Waals surface area contributed by atoms with Gasteiger partial charge in [-0.15, -0.1) is 0 Å². The van der Waals surface area contributed by atoms with Crippen molar-refractivity contribution >= 4 is 16.8 Å². The fourth-order valence-electron chi connectivity index (χ4n) is 3.17. The number of fused-ring (bicyclic) bond motifs is 1. The van der Waals surface area contributed by atoms with Gasteiger partial charge in [-0.2, -0.15) is 0 Å². The van der Waals surface area contributed by atoms with Gasteiger partial charge in [0.25, 0.3) is 0 Å². The standard InChI is InChI=1S/C24H22N2O4/c1-4-29-17-9-11-20-18(14-17)19(26-24-7-5-6-12-25-24)15-22(30-20)16-8-10-21(27-2)23(13-16)28-3/h5-15H,4H2,1-3H3. The molecule has 6 heteroatoms. The minimum Gasteiger partial charge on any atom is -0.494 e. The first-order valence-corrected chi connectivity index (χ1v) is 9.60. The first-order chi connectivity index (χ1) is 14.7. The number of hydrogen-bond donors (Lipinski definition) is 0. The lowest BCUT2D eigenvalue weighted by Crippen LogP contribution is -2.04. The number of aromatic nitrogens is 1. The van der Waals surface area contributed by atoms with Crippen molar-refractivity contribution < 1.29 is 18.6 Å². The van der Waals surface area contributed by atoms with Crippen LogP contribution in [0.3, 0.4) is 0 Å². The molecule has 2 aromatic carbocycles. The molecule has 0 amide bonds. The lowest BCUT2D eigenvalue weighted by molar-refractivity contribution is 0.340. The van der Waals surface area contributed by atoms with Crippen molar-refractivity contribution in [2.75, 3.05) is 20.8 Å². The van der Waals surface area contributed by atoms with E-state index < -0.39 is 0 Å². The summed E-state index contributed by atoms with van der Waals surface area (Å²) in [6.07, 6.45) is 1.72. The first-order valence-electron chi connectivity index (χ1n) is 9.60. The third kappa shape index (κ3) is 3.98. The minimum absolute atomic E-state index is 0.582. The third-order valence-electron chi connectivity index (χ3n) is 4.58. The van der Waals surface area contributed by atoms with Crippen LogP contribution in [0.2, 0.25) is 0 Å². The molecule has 0 saturated heterocycles. The molecule has 0 fully saturated rings. The third-order valence-corrected chi connectivity index (χ3v) is 4.58. The number of methoxy groups -OCH3 is 2. The Bertz CT molecular complexity index is 1230. The van der Waals surface area contributed by atoms with Gasteiger partial charge in [0.2, 0.25) is 0 Å². The van der Waals surface area contributed by atoms with Crippen molar-refractivity contribution in [1.82, 2.24) is 4.98 Å². The Morgan fingerprint density at radius 3 is 2.53 bits per heavy atom. The second-order valence-electron chi connectivity index (χ2n) is 6.46. The predicted octanol–water partition coefficient (Wildman–Crippen LogP) is 5.14. The fourth-order valence-corrected chi connectivity index (χ4v) is 3.17. The highest BCUT2D eigenvalue weighted by Crippen LogP contribution is 2.33. The van der Waals surface area contributed by atoms with E-state index in [2.05, 4.69) is 4.98 Å². The molecule has 4 rings (SSSR count). The molecule has 0 aliphatic rings. The van der Waals surface area contributed by atoms with Crippen molar-refractivity contribution in [2.45, 2.75) is 6.92 Å². The Kier molecular flexibility index (Phi) is 5.66. The zero-order valence-electron chi connectivity index (χ0n) is 17.1. The smallest absolute Gasteiger partial charge is 0.161 e. The van der Waals surface area contributed by atoms with Gasteiger partial charge in [-0.3, -0.25) is 0 Å². The number of ether oxygens (including phenoxy) is 3. The lowest BCUT2D eigenvalue weighted by atomic mass is 10.1. The summed E-state index contributed by atoms with van der Waals surface area (Å²) in [6.45, 7) is 2.53. The summed E-state index contributed by atoms with van der Waals surface area (Å²) in [6, 6.07) is 18.9. The van der Waals surface area contributed by atoms with Gasteiger partial charge in [0.05, 0.1) is 26.2 Å². The number of rotatable bonds is 6. The van der Waals surface area contributed by atoms with Crippen LogP contribution in [0, 0.1) is 0 Å². The van der Waals surface area contributed by atoms with Gasteiger partial charge in [-0.25, -0.2) is 9.98 Å². The van der Waals surface area contributed by atoms with E-state index in [4.69, 9.17) is 23.6 Å². The predicted molar refractivity (Wildman–Crippen MR) is 115 cm³/mol. The van der Waals surface area contributed by atoms with E-state index in [-0.39, 0.29) is 0 Å². The molecule has 0 saturated carbocycles. The largest absolute Gasteiger partial charge is 0.494 e. The monoisotopic (exact) mass is 402 g/mol. The highest BCUT2D eigenvalue weighted by atomic mass is 16.5. The summed E-state index contributed by atoms with van der Waals surface area (Å²) < 4.78 is 22.6. The maximum atomic E-state index is 6.20. The minimum atomic E-state index is 0.582. The van der Waals surface area contributed by atoms with Gasteiger partial charge < -0.3 is 18.6 Å². The molecule has 6 nitrogen and oxygen atoms in total. The van der Waals surface area contributed by atoms with Gasteiger partial charge in [-0.05, 0) is 55.5 Å². The SMILES string of the molecule is CCOc1ccc2oc(-c3ccc(OC)c(OC)c3)cc(=Nc3ccccn3)c2c1. The molecule has 0 spiro atoms. The van der Waals surface area contributed by atoms with E-state index in [1.54, 1.807) is 20.4 Å². The van der Waals surface area contributed by atoms with E-state index >= 15 is 0 Å². The Morgan fingerprint density at radius 1 is 0.933 bits per heavy atom. The molecular formula is C24H22N2O4. The summed E-state index contributed by atoms with van der Waals surface area (Å²) in [4.78, 5) is 9.08. The van der Waals surface area contributed by atoms with Crippen molar-refractivity contribution in [1.29, 1.82) is 0 Å². The van der Waals surface area contributed by atoms with E-state index in [1.165, 1.54) is 0 Å². The molecule has 0 atom stereocenters. The quantitative estimate of drug-likeness (QED) is 0.447. The van der Waals surface area contributed by atoms with Gasteiger partial charge in [-0.1, -0.05) is 6.07 Å². The molecule has 30 heavy (non-hydrogen) atoms. The summed E-state index contributed by atoms with van der Waals surface area (Å²) in [5.74, 6) is 3.31. The van der Waals surface area contributed by atoms with Crippen molar-refractivity contribution in [3.8, 4) is 28.6 Å². The van der Waals surface area contributed by atoms with Crippen LogP contribution in [0.15, 0.2) is 76.3 Å². The molecule has 152 valence electrons.